The highest BCUT2D eigenvalue weighted by atomic mass is 16.5. The Bertz CT molecular complexity index is 869. The van der Waals surface area contributed by atoms with E-state index in [0.29, 0.717) is 24.2 Å². The van der Waals surface area contributed by atoms with Crippen LogP contribution in [0.1, 0.15) is 29.7 Å². The normalized spacial score (nSPS) is 24.1. The number of rotatable bonds is 6. The van der Waals surface area contributed by atoms with E-state index in [-0.39, 0.29) is 18.6 Å². The number of phenols is 1. The Hall–Kier alpha value is -2.37. The fraction of sp³-hybridized carbons (Fsp3) is 0.458. The van der Waals surface area contributed by atoms with Crippen LogP contribution in [0.2, 0.25) is 0 Å². The van der Waals surface area contributed by atoms with Gasteiger partial charge in [0.15, 0.2) is 0 Å². The molecule has 0 saturated carbocycles. The second-order valence-corrected chi connectivity index (χ2v) is 8.27. The molecule has 154 valence electrons. The highest BCUT2D eigenvalue weighted by Crippen LogP contribution is 2.46. The van der Waals surface area contributed by atoms with Crippen LogP contribution in [-0.4, -0.2) is 53.7 Å². The van der Waals surface area contributed by atoms with Gasteiger partial charge < -0.3 is 14.7 Å². The zero-order valence-corrected chi connectivity index (χ0v) is 17.3. The summed E-state index contributed by atoms with van der Waals surface area (Å²) in [6, 6.07) is 16.0. The lowest BCUT2D eigenvalue weighted by atomic mass is 9.87. The summed E-state index contributed by atoms with van der Waals surface area (Å²) in [5.41, 5.74) is 3.62. The topological polar surface area (TPSA) is 53.0 Å². The number of fused-ring (bicyclic) bond motifs is 1. The Kier molecular flexibility index (Phi) is 5.88. The molecule has 5 heteroatoms. The van der Waals surface area contributed by atoms with Crippen LogP contribution >= 0.6 is 0 Å². The first kappa shape index (κ1) is 19.9. The molecule has 2 saturated heterocycles. The molecule has 1 N–H and O–H groups in total. The van der Waals surface area contributed by atoms with E-state index >= 15 is 0 Å². The number of aryl methyl sites for hydroxylation is 1. The van der Waals surface area contributed by atoms with Crippen molar-refractivity contribution in [3.05, 3.63) is 65.2 Å². The third-order valence-electron chi connectivity index (χ3n) is 6.31. The van der Waals surface area contributed by atoms with Gasteiger partial charge in [0.25, 0.3) is 0 Å². The summed E-state index contributed by atoms with van der Waals surface area (Å²) in [6.45, 7) is 8.31. The first-order valence-corrected chi connectivity index (χ1v) is 10.5. The number of amides is 1. The van der Waals surface area contributed by atoms with E-state index in [9.17, 15) is 9.90 Å². The van der Waals surface area contributed by atoms with E-state index in [2.05, 4.69) is 47.1 Å². The molecule has 2 fully saturated rings. The largest absolute Gasteiger partial charge is 0.508 e. The number of carbonyl (C=O) groups excluding carboxylic acids is 1. The summed E-state index contributed by atoms with van der Waals surface area (Å²) in [6.07, 6.45) is 0. The molecule has 2 aliphatic rings. The summed E-state index contributed by atoms with van der Waals surface area (Å²) in [5.74, 6) is 1.28. The van der Waals surface area contributed by atoms with Gasteiger partial charge in [-0.15, -0.1) is 0 Å². The molecule has 2 aromatic carbocycles. The molecule has 3 atom stereocenters. The van der Waals surface area contributed by atoms with Crippen molar-refractivity contribution in [2.24, 2.45) is 11.8 Å². The molecule has 2 aliphatic heterocycles. The molecular weight excluding hydrogens is 364 g/mol. The lowest BCUT2D eigenvalue weighted by Gasteiger charge is -2.31. The van der Waals surface area contributed by atoms with E-state index in [0.717, 1.165) is 31.7 Å². The van der Waals surface area contributed by atoms with Crippen molar-refractivity contribution >= 4 is 5.91 Å². The summed E-state index contributed by atoms with van der Waals surface area (Å²) in [7, 11) is 0. The van der Waals surface area contributed by atoms with Crippen LogP contribution in [0, 0.1) is 18.8 Å². The molecule has 0 bridgehead atoms. The van der Waals surface area contributed by atoms with Crippen molar-refractivity contribution < 1.29 is 14.6 Å². The van der Waals surface area contributed by atoms with E-state index in [1.807, 2.05) is 19.1 Å². The van der Waals surface area contributed by atoms with Crippen LogP contribution < -0.4 is 0 Å². The molecule has 0 aromatic heterocycles. The summed E-state index contributed by atoms with van der Waals surface area (Å²) >= 11 is 0. The zero-order chi connectivity index (χ0) is 20.4. The van der Waals surface area contributed by atoms with Crippen LogP contribution in [0.15, 0.2) is 48.5 Å². The third-order valence-corrected chi connectivity index (χ3v) is 6.31. The quantitative estimate of drug-likeness (QED) is 0.816. The summed E-state index contributed by atoms with van der Waals surface area (Å²) in [4.78, 5) is 17.4. The van der Waals surface area contributed by atoms with Crippen molar-refractivity contribution in [2.45, 2.75) is 26.4 Å². The number of benzene rings is 2. The molecule has 4 rings (SSSR count). The molecule has 1 amide bonds. The maximum Gasteiger partial charge on any atom is 0.249 e. The summed E-state index contributed by atoms with van der Waals surface area (Å²) < 4.78 is 5.43. The van der Waals surface area contributed by atoms with Gasteiger partial charge in [-0.1, -0.05) is 36.4 Å². The van der Waals surface area contributed by atoms with Crippen molar-refractivity contribution in [3.63, 3.8) is 0 Å². The number of nitrogens with zero attached hydrogens (tertiary/aromatic N) is 2. The van der Waals surface area contributed by atoms with E-state index in [4.69, 9.17) is 4.74 Å². The minimum atomic E-state index is 0.0917. The lowest BCUT2D eigenvalue weighted by molar-refractivity contribution is -0.137. The van der Waals surface area contributed by atoms with Crippen LogP contribution in [-0.2, 0) is 16.1 Å². The Morgan fingerprint density at radius 2 is 1.97 bits per heavy atom. The zero-order valence-electron chi connectivity index (χ0n) is 17.3. The fourth-order valence-corrected chi connectivity index (χ4v) is 5.03. The first-order valence-electron chi connectivity index (χ1n) is 10.5. The average molecular weight is 395 g/mol. The van der Waals surface area contributed by atoms with Crippen LogP contribution in [0.25, 0.3) is 0 Å². The molecular formula is C24H30N2O3. The Morgan fingerprint density at radius 1 is 1.14 bits per heavy atom. The monoisotopic (exact) mass is 394 g/mol. The van der Waals surface area contributed by atoms with E-state index < -0.39 is 0 Å². The standard InChI is InChI=1S/C24H30N2O3/c1-3-29-16-23(28)26-14-19-13-25(12-18-8-6-9-20(27)11-18)15-22(19)24(26)21-10-5-4-7-17(21)2/h4-11,19,22,24,27H,3,12-16H2,1-2H3/t19-,22-,24+/m0/s1. The number of aromatic hydroxyl groups is 1. The van der Waals surface area contributed by atoms with Gasteiger partial charge in [0.05, 0.1) is 6.04 Å². The van der Waals surface area contributed by atoms with Gasteiger partial charge in [-0.2, -0.15) is 0 Å². The average Bonchev–Trinajstić information content (AvgIpc) is 3.24. The van der Waals surface area contributed by atoms with E-state index in [1.54, 1.807) is 6.07 Å². The van der Waals surface area contributed by atoms with E-state index in [1.165, 1.54) is 11.1 Å². The molecule has 5 nitrogen and oxygen atoms in total. The fourth-order valence-electron chi connectivity index (χ4n) is 5.03. The molecule has 0 unspecified atom stereocenters. The van der Waals surface area contributed by atoms with Gasteiger partial charge in [-0.3, -0.25) is 9.69 Å². The molecule has 2 heterocycles. The second kappa shape index (κ2) is 8.56. The Balaban J connectivity index is 1.55. The third kappa shape index (κ3) is 4.16. The Morgan fingerprint density at radius 3 is 2.72 bits per heavy atom. The van der Waals surface area contributed by atoms with Gasteiger partial charge in [-0.05, 0) is 48.6 Å². The van der Waals surface area contributed by atoms with Crippen LogP contribution in [0.3, 0.4) is 0 Å². The molecule has 0 spiro atoms. The SMILES string of the molecule is CCOCC(=O)N1C[C@@H]2CN(Cc3cccc(O)c3)C[C@@H]2[C@H]1c1ccccc1C. The number of likely N-dealkylation sites (tertiary alicyclic amines) is 2. The smallest absolute Gasteiger partial charge is 0.249 e. The van der Waals surface area contributed by atoms with Crippen LogP contribution in [0.4, 0.5) is 0 Å². The number of carbonyl (C=O) groups is 1. The van der Waals surface area contributed by atoms with Crippen molar-refractivity contribution in [3.8, 4) is 5.75 Å². The molecule has 0 aliphatic carbocycles. The van der Waals surface area contributed by atoms with Gasteiger partial charge in [0, 0.05) is 38.7 Å². The highest BCUT2D eigenvalue weighted by molar-refractivity contribution is 5.78. The number of hydrogen-bond donors (Lipinski definition) is 1. The van der Waals surface area contributed by atoms with Crippen molar-refractivity contribution in [1.82, 2.24) is 9.80 Å². The summed E-state index contributed by atoms with van der Waals surface area (Å²) in [5, 5.41) is 9.76. The van der Waals surface area contributed by atoms with Gasteiger partial charge in [0.1, 0.15) is 12.4 Å². The minimum Gasteiger partial charge on any atom is -0.508 e. The van der Waals surface area contributed by atoms with Gasteiger partial charge >= 0.3 is 0 Å². The maximum absolute atomic E-state index is 12.9. The van der Waals surface area contributed by atoms with Gasteiger partial charge in [0.2, 0.25) is 5.91 Å². The van der Waals surface area contributed by atoms with Crippen molar-refractivity contribution in [1.29, 1.82) is 0 Å². The second-order valence-electron chi connectivity index (χ2n) is 8.27. The van der Waals surface area contributed by atoms with Crippen molar-refractivity contribution in [2.75, 3.05) is 32.8 Å². The molecule has 0 radical (unpaired) electrons. The predicted molar refractivity (Wildman–Crippen MR) is 112 cm³/mol. The maximum atomic E-state index is 12.9. The predicted octanol–water partition coefficient (Wildman–Crippen LogP) is 3.37. The lowest BCUT2D eigenvalue weighted by Crippen LogP contribution is -2.38. The number of phenolic OH excluding ortho intramolecular Hbond substituents is 1. The number of ether oxygens (including phenoxy) is 1. The molecule has 29 heavy (non-hydrogen) atoms. The number of hydrogen-bond acceptors (Lipinski definition) is 4. The van der Waals surface area contributed by atoms with Gasteiger partial charge in [-0.25, -0.2) is 0 Å². The first-order chi connectivity index (χ1) is 14.1. The van der Waals surface area contributed by atoms with Crippen LogP contribution in [0.5, 0.6) is 5.75 Å². The minimum absolute atomic E-state index is 0.0917. The Labute approximate surface area is 172 Å². The highest BCUT2D eigenvalue weighted by Gasteiger charge is 2.49. The molecule has 2 aromatic rings.